The summed E-state index contributed by atoms with van der Waals surface area (Å²) in [6.45, 7) is 2.51. The lowest BCUT2D eigenvalue weighted by atomic mass is 9.94. The molecule has 1 aliphatic heterocycles. The van der Waals surface area contributed by atoms with Crippen molar-refractivity contribution < 1.29 is 19.8 Å². The number of hydrogen-bond acceptors (Lipinski definition) is 4. The van der Waals surface area contributed by atoms with Crippen molar-refractivity contribution in [2.45, 2.75) is 38.8 Å². The molecule has 2 N–H and O–H groups in total. The first-order valence-electron chi connectivity index (χ1n) is 11.8. The van der Waals surface area contributed by atoms with Gasteiger partial charge < -0.3 is 15.1 Å². The van der Waals surface area contributed by atoms with Crippen LogP contribution in [-0.4, -0.2) is 32.9 Å². The molecule has 1 unspecified atom stereocenters. The fourth-order valence-electron chi connectivity index (χ4n) is 4.47. The second kappa shape index (κ2) is 11.2. The monoisotopic (exact) mass is 502 g/mol. The van der Waals surface area contributed by atoms with Crippen LogP contribution in [0.3, 0.4) is 0 Å². The summed E-state index contributed by atoms with van der Waals surface area (Å²) in [4.78, 5) is 30.4. The van der Waals surface area contributed by atoms with Crippen molar-refractivity contribution in [1.29, 1.82) is 0 Å². The molecule has 0 amide bonds. The molecule has 6 nitrogen and oxygen atoms in total. The van der Waals surface area contributed by atoms with E-state index in [9.17, 15) is 19.8 Å². The lowest BCUT2D eigenvalue weighted by molar-refractivity contribution is -0.133. The zero-order chi connectivity index (χ0) is 25.7. The Kier molecular flexibility index (Phi) is 7.86. The second-order valence-electron chi connectivity index (χ2n) is 8.63. The summed E-state index contributed by atoms with van der Waals surface area (Å²) in [5, 5.41) is 19.6. The Bertz CT molecular complexity index is 1320. The molecular formula is C29H27ClN2O4. The van der Waals surface area contributed by atoms with Gasteiger partial charge in [0.25, 0.3) is 0 Å². The summed E-state index contributed by atoms with van der Waals surface area (Å²) in [6, 6.07) is 23.4. The molecule has 7 heteroatoms. The van der Waals surface area contributed by atoms with E-state index in [1.165, 1.54) is 0 Å². The van der Waals surface area contributed by atoms with E-state index in [2.05, 4.69) is 11.9 Å². The van der Waals surface area contributed by atoms with Crippen LogP contribution in [-0.2, 0) is 11.3 Å². The standard InChI is InChI=1S/C29H27ClN2O4/c1-2-3-13-24-31-27(30)25(29(35)36)26(21-9-5-4-6-10-21)32(24)18-19-14-16-20(17-15-19)22-11-7-8-12-23(22)28(33)34/h4-12,14-17,26H,2-3,13,18H2,1H3,(H,33,34)(H,35,36). The maximum absolute atomic E-state index is 12.3. The number of unbranched alkanes of at least 4 members (excludes halogenated alkanes) is 1. The van der Waals surface area contributed by atoms with E-state index in [4.69, 9.17) is 11.6 Å². The molecule has 0 aliphatic carbocycles. The van der Waals surface area contributed by atoms with Crippen LogP contribution in [0.4, 0.5) is 0 Å². The Morgan fingerprint density at radius 3 is 2.22 bits per heavy atom. The van der Waals surface area contributed by atoms with Crippen LogP contribution in [0.15, 0.2) is 94.6 Å². The predicted octanol–water partition coefficient (Wildman–Crippen LogP) is 6.73. The van der Waals surface area contributed by atoms with Crippen molar-refractivity contribution in [3.05, 3.63) is 106 Å². The molecule has 1 heterocycles. The number of aliphatic carboxylic acids is 1. The molecule has 1 atom stereocenters. The van der Waals surface area contributed by atoms with Gasteiger partial charge in [0.2, 0.25) is 0 Å². The Morgan fingerprint density at radius 2 is 1.58 bits per heavy atom. The molecule has 184 valence electrons. The van der Waals surface area contributed by atoms with Crippen molar-refractivity contribution in [2.75, 3.05) is 0 Å². The summed E-state index contributed by atoms with van der Waals surface area (Å²) >= 11 is 6.43. The smallest absolute Gasteiger partial charge is 0.337 e. The van der Waals surface area contributed by atoms with Crippen molar-refractivity contribution in [2.24, 2.45) is 4.99 Å². The van der Waals surface area contributed by atoms with Crippen molar-refractivity contribution in [1.82, 2.24) is 4.90 Å². The van der Waals surface area contributed by atoms with E-state index in [1.54, 1.807) is 18.2 Å². The number of nitrogens with zero attached hydrogens (tertiary/aromatic N) is 2. The number of carbonyl (C=O) groups is 2. The number of benzene rings is 3. The highest BCUT2D eigenvalue weighted by molar-refractivity contribution is 6.32. The van der Waals surface area contributed by atoms with Gasteiger partial charge >= 0.3 is 11.9 Å². The SMILES string of the molecule is CCCCC1=NC(Cl)=C(C(=O)O)C(c2ccccc2)N1Cc1ccc(-c2ccccc2C(=O)O)cc1. The van der Waals surface area contributed by atoms with Crippen molar-refractivity contribution >= 4 is 29.4 Å². The predicted molar refractivity (Wildman–Crippen MR) is 141 cm³/mol. The normalized spacial score (nSPS) is 15.6. The average molecular weight is 503 g/mol. The highest BCUT2D eigenvalue weighted by Gasteiger charge is 2.36. The van der Waals surface area contributed by atoms with Gasteiger partial charge in [0, 0.05) is 13.0 Å². The van der Waals surface area contributed by atoms with Gasteiger partial charge in [0.05, 0.1) is 11.6 Å². The lowest BCUT2D eigenvalue weighted by Gasteiger charge is -2.38. The van der Waals surface area contributed by atoms with Gasteiger partial charge in [-0.15, -0.1) is 0 Å². The number of amidine groups is 1. The van der Waals surface area contributed by atoms with E-state index in [-0.39, 0.29) is 16.3 Å². The molecule has 0 bridgehead atoms. The number of carboxylic acids is 2. The third-order valence-electron chi connectivity index (χ3n) is 6.24. The van der Waals surface area contributed by atoms with Crippen LogP contribution in [0.25, 0.3) is 11.1 Å². The number of rotatable bonds is 9. The first kappa shape index (κ1) is 25.2. The molecule has 0 aromatic heterocycles. The molecule has 0 saturated carbocycles. The average Bonchev–Trinajstić information content (AvgIpc) is 2.89. The highest BCUT2D eigenvalue weighted by Crippen LogP contribution is 2.38. The third-order valence-corrected chi connectivity index (χ3v) is 6.53. The van der Waals surface area contributed by atoms with Crippen LogP contribution in [0.5, 0.6) is 0 Å². The van der Waals surface area contributed by atoms with Gasteiger partial charge in [-0.3, -0.25) is 0 Å². The Balaban J connectivity index is 1.72. The molecule has 0 fully saturated rings. The molecule has 0 spiro atoms. The number of aromatic carboxylic acids is 1. The molecule has 36 heavy (non-hydrogen) atoms. The van der Waals surface area contributed by atoms with Crippen LogP contribution in [0, 0.1) is 0 Å². The van der Waals surface area contributed by atoms with E-state index >= 15 is 0 Å². The van der Waals surface area contributed by atoms with Crippen LogP contribution in [0.2, 0.25) is 0 Å². The first-order chi connectivity index (χ1) is 17.4. The van der Waals surface area contributed by atoms with Gasteiger partial charge in [-0.25, -0.2) is 14.6 Å². The summed E-state index contributed by atoms with van der Waals surface area (Å²) in [5.41, 5.74) is 3.50. The van der Waals surface area contributed by atoms with E-state index in [0.29, 0.717) is 18.5 Å². The van der Waals surface area contributed by atoms with E-state index in [0.717, 1.165) is 35.4 Å². The van der Waals surface area contributed by atoms with E-state index in [1.807, 2.05) is 65.6 Å². The molecule has 3 aromatic rings. The first-order valence-corrected chi connectivity index (χ1v) is 12.2. The van der Waals surface area contributed by atoms with Crippen LogP contribution < -0.4 is 0 Å². The quantitative estimate of drug-likeness (QED) is 0.316. The van der Waals surface area contributed by atoms with Gasteiger partial charge in [0.15, 0.2) is 0 Å². The topological polar surface area (TPSA) is 90.2 Å². The maximum Gasteiger partial charge on any atom is 0.337 e. The lowest BCUT2D eigenvalue weighted by Crippen LogP contribution is -2.39. The van der Waals surface area contributed by atoms with Gasteiger partial charge in [-0.2, -0.15) is 0 Å². The maximum atomic E-state index is 12.3. The van der Waals surface area contributed by atoms with Crippen LogP contribution >= 0.6 is 11.6 Å². The highest BCUT2D eigenvalue weighted by atomic mass is 35.5. The number of hydrogen-bond donors (Lipinski definition) is 2. The van der Waals surface area contributed by atoms with Crippen LogP contribution in [0.1, 0.15) is 53.7 Å². The molecule has 1 aliphatic rings. The minimum Gasteiger partial charge on any atom is -0.478 e. The fourth-order valence-corrected chi connectivity index (χ4v) is 4.75. The largest absolute Gasteiger partial charge is 0.478 e. The number of aliphatic imine (C=N–C) groups is 1. The Labute approximate surface area is 215 Å². The number of carboxylic acid groups (broad SMARTS) is 2. The minimum absolute atomic E-state index is 0.0133. The zero-order valence-electron chi connectivity index (χ0n) is 19.9. The Morgan fingerprint density at radius 1 is 0.917 bits per heavy atom. The fraction of sp³-hybridized carbons (Fsp3) is 0.207. The number of halogens is 1. The minimum atomic E-state index is -1.10. The molecule has 3 aromatic carbocycles. The molecular weight excluding hydrogens is 476 g/mol. The summed E-state index contributed by atoms with van der Waals surface area (Å²) < 4.78 is 0. The zero-order valence-corrected chi connectivity index (χ0v) is 20.7. The molecule has 0 saturated heterocycles. The molecule has 0 radical (unpaired) electrons. The summed E-state index contributed by atoms with van der Waals surface area (Å²) in [6.07, 6.45) is 2.54. The van der Waals surface area contributed by atoms with E-state index < -0.39 is 18.0 Å². The van der Waals surface area contributed by atoms with Gasteiger partial charge in [-0.05, 0) is 34.7 Å². The van der Waals surface area contributed by atoms with Gasteiger partial charge in [-0.1, -0.05) is 97.7 Å². The summed E-state index contributed by atoms with van der Waals surface area (Å²) in [7, 11) is 0. The van der Waals surface area contributed by atoms with Crippen molar-refractivity contribution in [3.63, 3.8) is 0 Å². The van der Waals surface area contributed by atoms with Gasteiger partial charge in [0.1, 0.15) is 16.6 Å². The Hall–Kier alpha value is -3.90. The third kappa shape index (κ3) is 5.34. The van der Waals surface area contributed by atoms with Crippen molar-refractivity contribution in [3.8, 4) is 11.1 Å². The summed E-state index contributed by atoms with van der Waals surface area (Å²) in [5.74, 6) is -1.32. The molecule has 4 rings (SSSR count). The second-order valence-corrected chi connectivity index (χ2v) is 8.99.